The number of nitrogens with zero attached hydrogens (tertiary/aromatic N) is 1. The lowest BCUT2D eigenvalue weighted by Gasteiger charge is -2.36. The normalized spacial score (nSPS) is 42.8. The molecule has 4 unspecified atom stereocenters. The summed E-state index contributed by atoms with van der Waals surface area (Å²) in [6.45, 7) is 6.61. The topological polar surface area (TPSA) is 33.0 Å². The molecule has 0 aromatic rings. The fourth-order valence-corrected chi connectivity index (χ4v) is 3.04. The lowest BCUT2D eigenvalue weighted by Crippen LogP contribution is -2.39. The summed E-state index contributed by atoms with van der Waals surface area (Å²) in [6, 6.07) is 2.56. The molecular weight excluding hydrogens is 174 g/mol. The molecule has 0 aromatic heterocycles. The van der Waals surface area contributed by atoms with Crippen LogP contribution in [0.3, 0.4) is 0 Å². The van der Waals surface area contributed by atoms with Crippen LogP contribution in [0, 0.1) is 28.6 Å². The highest BCUT2D eigenvalue weighted by Crippen LogP contribution is 2.53. The van der Waals surface area contributed by atoms with Crippen LogP contribution in [0.1, 0.15) is 40.0 Å². The highest BCUT2D eigenvalue weighted by Gasteiger charge is 2.56. The van der Waals surface area contributed by atoms with Gasteiger partial charge in [0.1, 0.15) is 0 Å². The van der Waals surface area contributed by atoms with Crippen LogP contribution in [0.2, 0.25) is 0 Å². The van der Waals surface area contributed by atoms with Crippen molar-refractivity contribution in [3.05, 3.63) is 0 Å². The maximum Gasteiger partial charge on any atom is 0.0887 e. The Kier molecular flexibility index (Phi) is 2.31. The summed E-state index contributed by atoms with van der Waals surface area (Å²) in [5.74, 6) is 1.01. The molecule has 2 heteroatoms. The van der Waals surface area contributed by atoms with E-state index in [-0.39, 0.29) is 11.5 Å². The van der Waals surface area contributed by atoms with E-state index in [1.165, 1.54) is 6.42 Å². The van der Waals surface area contributed by atoms with Gasteiger partial charge in [0, 0.05) is 0 Å². The smallest absolute Gasteiger partial charge is 0.0887 e. The quantitative estimate of drug-likeness (QED) is 0.675. The number of rotatable bonds is 2. The van der Waals surface area contributed by atoms with Gasteiger partial charge in [-0.25, -0.2) is 0 Å². The Bertz CT molecular complexity index is 268. The second-order valence-corrected chi connectivity index (χ2v) is 5.21. The fourth-order valence-electron chi connectivity index (χ4n) is 3.04. The molecule has 2 heterocycles. The van der Waals surface area contributed by atoms with E-state index in [2.05, 4.69) is 26.8 Å². The van der Waals surface area contributed by atoms with Crippen LogP contribution in [0.5, 0.6) is 0 Å². The Morgan fingerprint density at radius 2 is 2.07 bits per heavy atom. The summed E-state index contributed by atoms with van der Waals surface area (Å²) in [5.41, 5.74) is -0.183. The molecule has 0 amide bonds. The van der Waals surface area contributed by atoms with E-state index in [0.717, 1.165) is 12.8 Å². The van der Waals surface area contributed by atoms with Crippen LogP contribution < -0.4 is 0 Å². The van der Waals surface area contributed by atoms with E-state index in [9.17, 15) is 5.26 Å². The van der Waals surface area contributed by atoms with Crippen molar-refractivity contribution in [3.63, 3.8) is 0 Å². The number of hydrogen-bond donors (Lipinski definition) is 0. The molecule has 2 saturated heterocycles. The maximum absolute atomic E-state index is 9.43. The van der Waals surface area contributed by atoms with Crippen molar-refractivity contribution in [1.29, 1.82) is 5.26 Å². The lowest BCUT2D eigenvalue weighted by molar-refractivity contribution is 0.0506. The van der Waals surface area contributed by atoms with Crippen LogP contribution in [0.15, 0.2) is 0 Å². The van der Waals surface area contributed by atoms with E-state index in [1.807, 2.05) is 0 Å². The van der Waals surface area contributed by atoms with Gasteiger partial charge in [0.25, 0.3) is 0 Å². The van der Waals surface area contributed by atoms with Crippen molar-refractivity contribution in [2.45, 2.75) is 52.2 Å². The van der Waals surface area contributed by atoms with Gasteiger partial charge in [-0.3, -0.25) is 0 Å². The zero-order valence-corrected chi connectivity index (χ0v) is 9.29. The number of fused-ring (bicyclic) bond motifs is 2. The van der Waals surface area contributed by atoms with Gasteiger partial charge in [0.2, 0.25) is 0 Å². The molecule has 2 aliphatic rings. The SMILES string of the molecule is CC(C)C(C)C1(C#N)CC2CCC1O2. The third-order valence-electron chi connectivity index (χ3n) is 4.27. The molecular formula is C12H19NO. The summed E-state index contributed by atoms with van der Waals surface area (Å²) in [4.78, 5) is 0. The van der Waals surface area contributed by atoms with E-state index in [0.29, 0.717) is 17.9 Å². The van der Waals surface area contributed by atoms with Crippen molar-refractivity contribution < 1.29 is 4.74 Å². The third-order valence-corrected chi connectivity index (χ3v) is 4.27. The average molecular weight is 193 g/mol. The molecule has 0 saturated carbocycles. The highest BCUT2D eigenvalue weighted by molar-refractivity contribution is 5.14. The molecule has 0 aromatic carbocycles. The Morgan fingerprint density at radius 3 is 2.43 bits per heavy atom. The van der Waals surface area contributed by atoms with Crippen molar-refractivity contribution in [3.8, 4) is 6.07 Å². The van der Waals surface area contributed by atoms with Crippen LogP contribution >= 0.6 is 0 Å². The second-order valence-electron chi connectivity index (χ2n) is 5.21. The van der Waals surface area contributed by atoms with E-state index >= 15 is 0 Å². The summed E-state index contributed by atoms with van der Waals surface area (Å²) in [6.07, 6.45) is 3.82. The Labute approximate surface area is 86.2 Å². The zero-order chi connectivity index (χ0) is 10.3. The molecule has 78 valence electrons. The van der Waals surface area contributed by atoms with Gasteiger partial charge in [-0.05, 0) is 31.1 Å². The number of nitriles is 1. The van der Waals surface area contributed by atoms with Gasteiger partial charge in [0.05, 0.1) is 23.7 Å². The van der Waals surface area contributed by atoms with Gasteiger partial charge in [-0.1, -0.05) is 20.8 Å². The molecule has 0 spiro atoms. The minimum absolute atomic E-state index is 0.183. The molecule has 4 atom stereocenters. The first-order chi connectivity index (χ1) is 6.60. The molecule has 0 N–H and O–H groups in total. The standard InChI is InChI=1S/C12H19NO/c1-8(2)9(3)12(7-13)6-10-4-5-11(12)14-10/h8-11H,4-6H2,1-3H3. The maximum atomic E-state index is 9.43. The highest BCUT2D eigenvalue weighted by atomic mass is 16.5. The summed E-state index contributed by atoms with van der Waals surface area (Å²) < 4.78 is 5.83. The molecule has 2 aliphatic heterocycles. The van der Waals surface area contributed by atoms with E-state index < -0.39 is 0 Å². The van der Waals surface area contributed by atoms with Gasteiger partial charge in [-0.15, -0.1) is 0 Å². The fraction of sp³-hybridized carbons (Fsp3) is 0.917. The first-order valence-electron chi connectivity index (χ1n) is 5.67. The van der Waals surface area contributed by atoms with E-state index in [1.54, 1.807) is 0 Å². The lowest BCUT2D eigenvalue weighted by atomic mass is 9.64. The molecule has 2 rings (SSSR count). The molecule has 14 heavy (non-hydrogen) atoms. The van der Waals surface area contributed by atoms with Crippen molar-refractivity contribution in [1.82, 2.24) is 0 Å². The van der Waals surface area contributed by atoms with Gasteiger partial charge in [-0.2, -0.15) is 5.26 Å². The van der Waals surface area contributed by atoms with Crippen LogP contribution in [-0.2, 0) is 4.74 Å². The zero-order valence-electron chi connectivity index (χ0n) is 9.29. The number of hydrogen-bond acceptors (Lipinski definition) is 2. The number of ether oxygens (including phenoxy) is 1. The van der Waals surface area contributed by atoms with Gasteiger partial charge < -0.3 is 4.74 Å². The van der Waals surface area contributed by atoms with Crippen LogP contribution in [0.25, 0.3) is 0 Å². The predicted molar refractivity (Wildman–Crippen MR) is 54.6 cm³/mol. The van der Waals surface area contributed by atoms with E-state index in [4.69, 9.17) is 4.74 Å². The second kappa shape index (κ2) is 3.24. The summed E-state index contributed by atoms with van der Waals surface area (Å²) >= 11 is 0. The molecule has 0 radical (unpaired) electrons. The van der Waals surface area contributed by atoms with Gasteiger partial charge in [0.15, 0.2) is 0 Å². The summed E-state index contributed by atoms with van der Waals surface area (Å²) in [5, 5.41) is 9.43. The summed E-state index contributed by atoms with van der Waals surface area (Å²) in [7, 11) is 0. The average Bonchev–Trinajstić information content (AvgIpc) is 2.75. The molecule has 2 nitrogen and oxygen atoms in total. The third kappa shape index (κ3) is 1.19. The first kappa shape index (κ1) is 9.98. The van der Waals surface area contributed by atoms with Crippen molar-refractivity contribution in [2.75, 3.05) is 0 Å². The molecule has 2 fully saturated rings. The van der Waals surface area contributed by atoms with Crippen LogP contribution in [0.4, 0.5) is 0 Å². The Balaban J connectivity index is 2.24. The largest absolute Gasteiger partial charge is 0.373 e. The minimum atomic E-state index is -0.183. The predicted octanol–water partition coefficient (Wildman–Crippen LogP) is 2.74. The Hall–Kier alpha value is -0.550. The van der Waals surface area contributed by atoms with Gasteiger partial charge >= 0.3 is 0 Å². The van der Waals surface area contributed by atoms with Crippen LogP contribution in [-0.4, -0.2) is 12.2 Å². The molecule has 0 aliphatic carbocycles. The van der Waals surface area contributed by atoms with Crippen molar-refractivity contribution >= 4 is 0 Å². The minimum Gasteiger partial charge on any atom is -0.373 e. The Morgan fingerprint density at radius 1 is 1.36 bits per heavy atom. The molecule has 2 bridgehead atoms. The monoisotopic (exact) mass is 193 g/mol. The van der Waals surface area contributed by atoms with Crippen molar-refractivity contribution in [2.24, 2.45) is 17.3 Å². The first-order valence-corrected chi connectivity index (χ1v) is 5.67.